The highest BCUT2D eigenvalue weighted by Crippen LogP contribution is 2.13. The molecule has 0 amide bonds. The fourth-order valence-electron chi connectivity index (χ4n) is 0.702. The van der Waals surface area contributed by atoms with E-state index in [1.807, 2.05) is 13.0 Å². The maximum Gasteiger partial charge on any atom is 0.0307 e. The van der Waals surface area contributed by atoms with Gasteiger partial charge in [-0.1, -0.05) is 19.9 Å². The van der Waals surface area contributed by atoms with E-state index in [2.05, 4.69) is 20.4 Å². The molecule has 0 bridgehead atoms. The van der Waals surface area contributed by atoms with E-state index in [1.54, 1.807) is 0 Å². The Bertz CT molecular complexity index is 103. The van der Waals surface area contributed by atoms with Crippen LogP contribution in [0, 0.1) is 5.92 Å². The normalized spacial score (nSPS) is 16.9. The molecule has 10 heavy (non-hydrogen) atoms. The Morgan fingerprint density at radius 3 is 2.40 bits per heavy atom. The number of nitrogens with two attached hydrogens (primary N) is 1. The van der Waals surface area contributed by atoms with E-state index in [0.29, 0.717) is 0 Å². The van der Waals surface area contributed by atoms with Crippen molar-refractivity contribution < 1.29 is 0 Å². The molecule has 0 saturated carbocycles. The standard InChI is InChI=1S/C9H19N/c1-5-9(4,10)7-6-8(2)3/h5,8H,1,6-7,10H2,2-4H3. The lowest BCUT2D eigenvalue weighted by atomic mass is 9.93. The van der Waals surface area contributed by atoms with Crippen LogP contribution < -0.4 is 5.73 Å². The van der Waals surface area contributed by atoms with E-state index < -0.39 is 0 Å². The summed E-state index contributed by atoms with van der Waals surface area (Å²) >= 11 is 0. The first-order chi connectivity index (χ1) is 4.48. The topological polar surface area (TPSA) is 26.0 Å². The Labute approximate surface area is 64.3 Å². The SMILES string of the molecule is C=CC(C)(N)CCC(C)C. The fourth-order valence-corrected chi connectivity index (χ4v) is 0.702. The number of hydrogen-bond acceptors (Lipinski definition) is 1. The molecule has 0 aromatic heterocycles. The Balaban J connectivity index is 3.56. The van der Waals surface area contributed by atoms with Crippen LogP contribution in [0.1, 0.15) is 33.6 Å². The van der Waals surface area contributed by atoms with Crippen molar-refractivity contribution >= 4 is 0 Å². The van der Waals surface area contributed by atoms with Crippen molar-refractivity contribution in [1.29, 1.82) is 0 Å². The second kappa shape index (κ2) is 3.77. The smallest absolute Gasteiger partial charge is 0.0307 e. The minimum Gasteiger partial charge on any atom is -0.322 e. The summed E-state index contributed by atoms with van der Waals surface area (Å²) in [7, 11) is 0. The van der Waals surface area contributed by atoms with Crippen molar-refractivity contribution in [3.05, 3.63) is 12.7 Å². The van der Waals surface area contributed by atoms with Crippen LogP contribution in [-0.4, -0.2) is 5.54 Å². The van der Waals surface area contributed by atoms with Crippen LogP contribution in [0.3, 0.4) is 0 Å². The molecule has 0 saturated heterocycles. The molecule has 0 spiro atoms. The molecule has 1 heteroatoms. The fraction of sp³-hybridized carbons (Fsp3) is 0.778. The maximum absolute atomic E-state index is 5.85. The van der Waals surface area contributed by atoms with E-state index in [9.17, 15) is 0 Å². The lowest BCUT2D eigenvalue weighted by Gasteiger charge is -2.20. The Morgan fingerprint density at radius 1 is 1.60 bits per heavy atom. The van der Waals surface area contributed by atoms with Gasteiger partial charge < -0.3 is 5.73 Å². The van der Waals surface area contributed by atoms with Crippen LogP contribution in [0.15, 0.2) is 12.7 Å². The number of hydrogen-bond donors (Lipinski definition) is 1. The third kappa shape index (κ3) is 4.57. The zero-order valence-electron chi connectivity index (χ0n) is 7.35. The molecule has 1 atom stereocenters. The van der Waals surface area contributed by atoms with Gasteiger partial charge in [0.05, 0.1) is 0 Å². The Morgan fingerprint density at radius 2 is 2.10 bits per heavy atom. The third-order valence-electron chi connectivity index (χ3n) is 1.73. The van der Waals surface area contributed by atoms with E-state index in [1.165, 1.54) is 6.42 Å². The van der Waals surface area contributed by atoms with Gasteiger partial charge in [0, 0.05) is 5.54 Å². The average Bonchev–Trinajstić information content (AvgIpc) is 1.85. The summed E-state index contributed by atoms with van der Waals surface area (Å²) in [5.41, 5.74) is 5.68. The van der Waals surface area contributed by atoms with Gasteiger partial charge in [-0.05, 0) is 25.7 Å². The van der Waals surface area contributed by atoms with Crippen molar-refractivity contribution in [2.24, 2.45) is 11.7 Å². The second-order valence-corrected chi connectivity index (χ2v) is 3.64. The molecule has 0 rings (SSSR count). The van der Waals surface area contributed by atoms with Gasteiger partial charge in [0.2, 0.25) is 0 Å². The van der Waals surface area contributed by atoms with Gasteiger partial charge >= 0.3 is 0 Å². The van der Waals surface area contributed by atoms with Crippen molar-refractivity contribution in [1.82, 2.24) is 0 Å². The van der Waals surface area contributed by atoms with Crippen molar-refractivity contribution in [3.63, 3.8) is 0 Å². The molecule has 2 N–H and O–H groups in total. The summed E-state index contributed by atoms with van der Waals surface area (Å²) in [6, 6.07) is 0. The second-order valence-electron chi connectivity index (χ2n) is 3.64. The van der Waals surface area contributed by atoms with Crippen molar-refractivity contribution in [2.75, 3.05) is 0 Å². The first-order valence-electron chi connectivity index (χ1n) is 3.90. The molecule has 0 aliphatic carbocycles. The van der Waals surface area contributed by atoms with Crippen LogP contribution in [0.4, 0.5) is 0 Å². The zero-order valence-corrected chi connectivity index (χ0v) is 7.35. The molecular weight excluding hydrogens is 122 g/mol. The van der Waals surface area contributed by atoms with Crippen LogP contribution >= 0.6 is 0 Å². The van der Waals surface area contributed by atoms with Gasteiger partial charge in [-0.2, -0.15) is 0 Å². The van der Waals surface area contributed by atoms with Gasteiger partial charge in [-0.15, -0.1) is 6.58 Å². The van der Waals surface area contributed by atoms with Gasteiger partial charge in [0.25, 0.3) is 0 Å². The molecule has 0 aliphatic heterocycles. The highest BCUT2D eigenvalue weighted by molar-refractivity contribution is 4.95. The third-order valence-corrected chi connectivity index (χ3v) is 1.73. The van der Waals surface area contributed by atoms with Gasteiger partial charge in [0.1, 0.15) is 0 Å². The molecule has 0 radical (unpaired) electrons. The van der Waals surface area contributed by atoms with E-state index in [4.69, 9.17) is 5.73 Å². The highest BCUT2D eigenvalue weighted by atomic mass is 14.7. The lowest BCUT2D eigenvalue weighted by Crippen LogP contribution is -2.33. The van der Waals surface area contributed by atoms with Crippen LogP contribution in [0.2, 0.25) is 0 Å². The quantitative estimate of drug-likeness (QED) is 0.597. The predicted octanol–water partition coefficient (Wildman–Crippen LogP) is 2.33. The average molecular weight is 141 g/mol. The highest BCUT2D eigenvalue weighted by Gasteiger charge is 2.12. The first kappa shape index (κ1) is 9.70. The predicted molar refractivity (Wildman–Crippen MR) is 46.9 cm³/mol. The van der Waals surface area contributed by atoms with Crippen LogP contribution in [0.5, 0.6) is 0 Å². The summed E-state index contributed by atoms with van der Waals surface area (Å²) < 4.78 is 0. The summed E-state index contributed by atoms with van der Waals surface area (Å²) in [5, 5.41) is 0. The van der Waals surface area contributed by atoms with Crippen molar-refractivity contribution in [3.8, 4) is 0 Å². The summed E-state index contributed by atoms with van der Waals surface area (Å²) in [6.45, 7) is 10.1. The van der Waals surface area contributed by atoms with Crippen molar-refractivity contribution in [2.45, 2.75) is 39.2 Å². The molecule has 0 heterocycles. The lowest BCUT2D eigenvalue weighted by molar-refractivity contribution is 0.450. The molecule has 0 aromatic carbocycles. The van der Waals surface area contributed by atoms with E-state index >= 15 is 0 Å². The number of rotatable bonds is 4. The minimum atomic E-state index is -0.162. The molecule has 60 valence electrons. The van der Waals surface area contributed by atoms with Gasteiger partial charge in [-0.3, -0.25) is 0 Å². The Hall–Kier alpha value is -0.300. The molecule has 0 fully saturated rings. The maximum atomic E-state index is 5.85. The summed E-state index contributed by atoms with van der Waals surface area (Å²) in [5.74, 6) is 0.739. The summed E-state index contributed by atoms with van der Waals surface area (Å²) in [6.07, 6.45) is 4.04. The molecule has 1 unspecified atom stereocenters. The van der Waals surface area contributed by atoms with Crippen LogP contribution in [-0.2, 0) is 0 Å². The molecule has 0 aliphatic rings. The van der Waals surface area contributed by atoms with Gasteiger partial charge in [-0.25, -0.2) is 0 Å². The summed E-state index contributed by atoms with van der Waals surface area (Å²) in [4.78, 5) is 0. The molecular formula is C9H19N. The van der Waals surface area contributed by atoms with Gasteiger partial charge in [0.15, 0.2) is 0 Å². The largest absolute Gasteiger partial charge is 0.322 e. The zero-order chi connectivity index (χ0) is 8.20. The van der Waals surface area contributed by atoms with Crippen LogP contribution in [0.25, 0.3) is 0 Å². The monoisotopic (exact) mass is 141 g/mol. The Kier molecular flexibility index (Phi) is 3.66. The first-order valence-corrected chi connectivity index (χ1v) is 3.90. The van der Waals surface area contributed by atoms with E-state index in [0.717, 1.165) is 12.3 Å². The minimum absolute atomic E-state index is 0.162. The molecule has 0 aromatic rings. The molecule has 1 nitrogen and oxygen atoms in total. The van der Waals surface area contributed by atoms with E-state index in [-0.39, 0.29) is 5.54 Å².